The highest BCUT2D eigenvalue weighted by atomic mass is 16.5. The van der Waals surface area contributed by atoms with Crippen molar-refractivity contribution in [2.75, 3.05) is 19.1 Å². The molecule has 0 bridgehead atoms. The van der Waals surface area contributed by atoms with E-state index < -0.39 is 22.9 Å². The average molecular weight is 442 g/mol. The molecule has 1 saturated carbocycles. The van der Waals surface area contributed by atoms with Gasteiger partial charge in [-0.2, -0.15) is 0 Å². The fraction of sp³-hybridized carbons (Fsp3) is 0.286. The molecule has 1 aliphatic carbocycles. The first kappa shape index (κ1) is 21.3. The van der Waals surface area contributed by atoms with Crippen LogP contribution < -0.4 is 4.90 Å². The fourth-order valence-corrected chi connectivity index (χ4v) is 6.26. The van der Waals surface area contributed by atoms with E-state index in [9.17, 15) is 9.59 Å². The highest BCUT2D eigenvalue weighted by Crippen LogP contribution is 2.77. The van der Waals surface area contributed by atoms with Gasteiger partial charge < -0.3 is 14.4 Å². The Hall–Kier alpha value is -3.60. The second kappa shape index (κ2) is 8.07. The summed E-state index contributed by atoms with van der Waals surface area (Å²) in [6.07, 6.45) is 1.09. The number of rotatable bonds is 5. The molecule has 1 saturated heterocycles. The fourth-order valence-electron chi connectivity index (χ4n) is 6.26. The number of anilines is 1. The second-order valence-corrected chi connectivity index (χ2v) is 8.80. The Morgan fingerprint density at radius 2 is 1.03 bits per heavy atom. The molecule has 168 valence electrons. The molecule has 3 aromatic rings. The van der Waals surface area contributed by atoms with Gasteiger partial charge in [-0.15, -0.1) is 0 Å². The number of hydrogen-bond acceptors (Lipinski definition) is 5. The van der Waals surface area contributed by atoms with Crippen molar-refractivity contribution in [2.24, 2.45) is 10.8 Å². The van der Waals surface area contributed by atoms with Gasteiger partial charge in [-0.05, 0) is 36.1 Å². The van der Waals surface area contributed by atoms with E-state index in [1.165, 1.54) is 14.2 Å². The monoisotopic (exact) mass is 441 g/mol. The smallest absolute Gasteiger partial charge is 0.315 e. The number of benzene rings is 3. The summed E-state index contributed by atoms with van der Waals surface area (Å²) in [5.74, 6) is -0.736. The van der Waals surface area contributed by atoms with Crippen LogP contribution >= 0.6 is 0 Å². The van der Waals surface area contributed by atoms with Crippen LogP contribution in [0.2, 0.25) is 0 Å². The highest BCUT2D eigenvalue weighted by molar-refractivity contribution is 5.95. The molecule has 4 atom stereocenters. The van der Waals surface area contributed by atoms with Crippen molar-refractivity contribution in [3.8, 4) is 0 Å². The lowest BCUT2D eigenvalue weighted by atomic mass is 9.45. The minimum atomic E-state index is -1.08. The zero-order valence-corrected chi connectivity index (χ0v) is 18.8. The molecule has 5 heteroatoms. The molecule has 0 amide bonds. The van der Waals surface area contributed by atoms with Crippen molar-refractivity contribution in [1.29, 1.82) is 0 Å². The van der Waals surface area contributed by atoms with Crippen LogP contribution in [0.15, 0.2) is 91.0 Å². The van der Waals surface area contributed by atoms with E-state index in [4.69, 9.17) is 9.47 Å². The number of carbonyl (C=O) groups is 2. The summed E-state index contributed by atoms with van der Waals surface area (Å²) < 4.78 is 10.9. The van der Waals surface area contributed by atoms with E-state index in [0.717, 1.165) is 16.8 Å². The van der Waals surface area contributed by atoms with Crippen molar-refractivity contribution in [3.63, 3.8) is 0 Å². The van der Waals surface area contributed by atoms with Gasteiger partial charge >= 0.3 is 11.9 Å². The molecule has 2 fully saturated rings. The Morgan fingerprint density at radius 3 is 1.36 bits per heavy atom. The molecule has 5 rings (SSSR count). The normalized spacial score (nSPS) is 27.9. The van der Waals surface area contributed by atoms with Gasteiger partial charge in [0.05, 0.1) is 26.3 Å². The second-order valence-electron chi connectivity index (χ2n) is 8.80. The molecule has 0 spiro atoms. The summed E-state index contributed by atoms with van der Waals surface area (Å²) in [6.45, 7) is 0. The van der Waals surface area contributed by atoms with Gasteiger partial charge in [-0.25, -0.2) is 0 Å². The Bertz CT molecular complexity index is 1080. The predicted molar refractivity (Wildman–Crippen MR) is 125 cm³/mol. The van der Waals surface area contributed by atoms with Gasteiger partial charge in [0, 0.05) is 5.69 Å². The number of ether oxygens (including phenoxy) is 2. The zero-order chi connectivity index (χ0) is 23.1. The molecule has 0 N–H and O–H groups in total. The maximum absolute atomic E-state index is 13.7. The lowest BCUT2D eigenvalue weighted by molar-refractivity contribution is -0.195. The van der Waals surface area contributed by atoms with Crippen LogP contribution in [0.4, 0.5) is 5.69 Å². The van der Waals surface area contributed by atoms with E-state index in [1.807, 2.05) is 91.0 Å². The quantitative estimate of drug-likeness (QED) is 0.516. The van der Waals surface area contributed by atoms with Crippen LogP contribution in [-0.4, -0.2) is 26.2 Å². The van der Waals surface area contributed by atoms with E-state index >= 15 is 0 Å². The third-order valence-electron chi connectivity index (χ3n) is 7.58. The highest BCUT2D eigenvalue weighted by Gasteiger charge is 2.81. The maximum Gasteiger partial charge on any atom is 0.315 e. The van der Waals surface area contributed by atoms with Gasteiger partial charge in [-0.1, -0.05) is 78.9 Å². The molecular formula is C28H27NO4. The number of carbonyl (C=O) groups excluding carboxylic acids is 2. The molecule has 3 aromatic carbocycles. The first-order valence-corrected chi connectivity index (χ1v) is 11.2. The van der Waals surface area contributed by atoms with Crippen LogP contribution in [0.25, 0.3) is 0 Å². The number of esters is 2. The van der Waals surface area contributed by atoms with E-state index in [2.05, 4.69) is 4.90 Å². The van der Waals surface area contributed by atoms with Crippen LogP contribution in [0.3, 0.4) is 0 Å². The van der Waals surface area contributed by atoms with Gasteiger partial charge in [0.25, 0.3) is 0 Å². The molecule has 0 radical (unpaired) electrons. The molecule has 33 heavy (non-hydrogen) atoms. The molecule has 2 aliphatic rings. The molecule has 0 aromatic heterocycles. The van der Waals surface area contributed by atoms with Gasteiger partial charge in [-0.3, -0.25) is 9.59 Å². The zero-order valence-electron chi connectivity index (χ0n) is 18.8. The first-order valence-electron chi connectivity index (χ1n) is 11.2. The average Bonchev–Trinajstić information content (AvgIpc) is 3.06. The van der Waals surface area contributed by atoms with E-state index in [1.54, 1.807) is 0 Å². The number of hydrogen-bond donors (Lipinski definition) is 0. The number of para-hydroxylation sites is 1. The SMILES string of the molecule is COC(=O)C12CCC1(C(=O)OC)C(c1ccccc1)N(c1ccccc1)C2c1ccccc1. The molecule has 4 unspecified atom stereocenters. The number of nitrogens with zero attached hydrogens (tertiary/aromatic N) is 1. The third kappa shape index (κ3) is 2.78. The summed E-state index contributed by atoms with van der Waals surface area (Å²) in [5, 5.41) is 0. The Labute approximate surface area is 193 Å². The number of fused-ring (bicyclic) bond motifs is 1. The van der Waals surface area contributed by atoms with Crippen molar-refractivity contribution >= 4 is 17.6 Å². The van der Waals surface area contributed by atoms with Crippen LogP contribution in [0.5, 0.6) is 0 Å². The Morgan fingerprint density at radius 1 is 0.667 bits per heavy atom. The van der Waals surface area contributed by atoms with Gasteiger partial charge in [0.15, 0.2) is 0 Å². The predicted octanol–water partition coefficient (Wildman–Crippen LogP) is 5.10. The lowest BCUT2D eigenvalue weighted by Gasteiger charge is -2.53. The largest absolute Gasteiger partial charge is 0.468 e. The minimum absolute atomic E-state index is 0.368. The lowest BCUT2D eigenvalue weighted by Crippen LogP contribution is -2.61. The Balaban J connectivity index is 1.87. The topological polar surface area (TPSA) is 55.8 Å². The number of methoxy groups -OCH3 is 2. The summed E-state index contributed by atoms with van der Waals surface area (Å²) in [5.41, 5.74) is 0.733. The minimum Gasteiger partial charge on any atom is -0.468 e. The maximum atomic E-state index is 13.7. The molecule has 1 heterocycles. The molecular weight excluding hydrogens is 414 g/mol. The summed E-state index contributed by atoms with van der Waals surface area (Å²) >= 11 is 0. The van der Waals surface area contributed by atoms with Crippen molar-refractivity contribution in [3.05, 3.63) is 102 Å². The van der Waals surface area contributed by atoms with Crippen molar-refractivity contribution in [1.82, 2.24) is 0 Å². The van der Waals surface area contributed by atoms with Gasteiger partial charge in [0.1, 0.15) is 10.8 Å². The van der Waals surface area contributed by atoms with Gasteiger partial charge in [0.2, 0.25) is 0 Å². The summed E-state index contributed by atoms with van der Waals surface area (Å²) in [7, 11) is 2.81. The van der Waals surface area contributed by atoms with Crippen LogP contribution in [0, 0.1) is 10.8 Å². The van der Waals surface area contributed by atoms with Crippen LogP contribution in [-0.2, 0) is 19.1 Å². The standard InChI is InChI=1S/C28H27NO4/c1-32-25(30)27-18-19-28(27,26(31)33-2)24(21-14-8-4-9-15-21)29(22-16-10-5-11-17-22)23(27)20-12-6-3-7-13-20/h3-17,23-24H,18-19H2,1-2H3. The third-order valence-corrected chi connectivity index (χ3v) is 7.58. The van der Waals surface area contributed by atoms with Crippen molar-refractivity contribution in [2.45, 2.75) is 24.9 Å². The molecule has 5 nitrogen and oxygen atoms in total. The van der Waals surface area contributed by atoms with E-state index in [0.29, 0.717) is 12.8 Å². The molecule has 1 aliphatic heterocycles. The summed E-state index contributed by atoms with van der Waals surface area (Å²) in [6, 6.07) is 29.1. The van der Waals surface area contributed by atoms with Crippen LogP contribution in [0.1, 0.15) is 36.1 Å². The van der Waals surface area contributed by atoms with Crippen molar-refractivity contribution < 1.29 is 19.1 Å². The van der Waals surface area contributed by atoms with E-state index in [-0.39, 0.29) is 11.9 Å². The summed E-state index contributed by atoms with van der Waals surface area (Å²) in [4.78, 5) is 29.6. The Kier molecular flexibility index (Phi) is 5.20. The first-order chi connectivity index (χ1) is 16.1.